The Hall–Kier alpha value is -1.66. The van der Waals surface area contributed by atoms with Crippen molar-refractivity contribution in [3.05, 3.63) is 35.1 Å². The molecule has 0 unspecified atom stereocenters. The van der Waals surface area contributed by atoms with Crippen molar-refractivity contribution >= 4 is 5.96 Å². The Labute approximate surface area is 156 Å². The zero-order valence-electron chi connectivity index (χ0n) is 16.0. The largest absolute Gasteiger partial charge is 0.381 e. The number of rotatable bonds is 9. The summed E-state index contributed by atoms with van der Waals surface area (Å²) < 4.78 is 24.5. The first-order valence-corrected chi connectivity index (χ1v) is 9.61. The van der Waals surface area contributed by atoms with Crippen LogP contribution in [-0.4, -0.2) is 45.5 Å². The van der Waals surface area contributed by atoms with E-state index in [9.17, 15) is 4.39 Å². The highest BCUT2D eigenvalue weighted by Crippen LogP contribution is 2.14. The van der Waals surface area contributed by atoms with Crippen molar-refractivity contribution in [3.63, 3.8) is 0 Å². The van der Waals surface area contributed by atoms with E-state index in [4.69, 9.17) is 9.47 Å². The number of hydrogen-bond acceptors (Lipinski definition) is 3. The highest BCUT2D eigenvalue weighted by Gasteiger charge is 2.13. The zero-order chi connectivity index (χ0) is 18.6. The van der Waals surface area contributed by atoms with Gasteiger partial charge in [0, 0.05) is 39.5 Å². The molecule has 1 fully saturated rings. The molecule has 2 N–H and O–H groups in total. The molecular weight excluding hydrogens is 333 g/mol. The van der Waals surface area contributed by atoms with Gasteiger partial charge in [-0.05, 0) is 56.2 Å². The fourth-order valence-electron chi connectivity index (χ4n) is 2.86. The van der Waals surface area contributed by atoms with Gasteiger partial charge in [-0.1, -0.05) is 12.1 Å². The SMILES string of the molecule is CCNC(=NCc1ccc(F)c(C)c1)NCCCOCC1CCOCC1. The lowest BCUT2D eigenvalue weighted by Gasteiger charge is -2.21. The van der Waals surface area contributed by atoms with Crippen LogP contribution >= 0.6 is 0 Å². The molecule has 0 radical (unpaired) electrons. The maximum atomic E-state index is 13.3. The molecule has 0 atom stereocenters. The summed E-state index contributed by atoms with van der Waals surface area (Å²) in [4.78, 5) is 4.56. The first kappa shape index (κ1) is 20.6. The number of aliphatic imine (C=N–C) groups is 1. The van der Waals surface area contributed by atoms with E-state index in [1.165, 1.54) is 6.07 Å². The second kappa shape index (κ2) is 11.9. The van der Waals surface area contributed by atoms with Gasteiger partial charge >= 0.3 is 0 Å². The van der Waals surface area contributed by atoms with Gasteiger partial charge in [0.1, 0.15) is 5.82 Å². The van der Waals surface area contributed by atoms with E-state index in [0.29, 0.717) is 18.0 Å². The van der Waals surface area contributed by atoms with Gasteiger partial charge < -0.3 is 20.1 Å². The maximum absolute atomic E-state index is 13.3. The summed E-state index contributed by atoms with van der Waals surface area (Å²) in [6, 6.07) is 5.11. The minimum Gasteiger partial charge on any atom is -0.381 e. The summed E-state index contributed by atoms with van der Waals surface area (Å²) in [5.74, 6) is 1.25. The number of benzene rings is 1. The van der Waals surface area contributed by atoms with E-state index in [2.05, 4.69) is 15.6 Å². The topological polar surface area (TPSA) is 54.9 Å². The molecule has 1 heterocycles. The summed E-state index contributed by atoms with van der Waals surface area (Å²) in [5.41, 5.74) is 1.65. The van der Waals surface area contributed by atoms with E-state index in [0.717, 1.165) is 70.3 Å². The molecule has 0 bridgehead atoms. The number of hydrogen-bond donors (Lipinski definition) is 2. The van der Waals surface area contributed by atoms with E-state index >= 15 is 0 Å². The van der Waals surface area contributed by atoms with Gasteiger partial charge in [0.2, 0.25) is 0 Å². The molecule has 0 spiro atoms. The van der Waals surface area contributed by atoms with Crippen LogP contribution in [0.2, 0.25) is 0 Å². The lowest BCUT2D eigenvalue weighted by Crippen LogP contribution is -2.38. The molecule has 0 aromatic heterocycles. The Morgan fingerprint density at radius 1 is 1.31 bits per heavy atom. The minimum atomic E-state index is -0.177. The standard InChI is InChI=1S/C20H32FN3O2/c1-3-22-20(24-14-18-5-6-19(21)16(2)13-18)23-9-4-10-26-15-17-7-11-25-12-8-17/h5-6,13,17H,3-4,7-12,14-15H2,1-2H3,(H2,22,23,24). The summed E-state index contributed by atoms with van der Waals surface area (Å²) >= 11 is 0. The van der Waals surface area contributed by atoms with E-state index in [-0.39, 0.29) is 5.82 Å². The summed E-state index contributed by atoms with van der Waals surface area (Å²) in [6.07, 6.45) is 3.15. The van der Waals surface area contributed by atoms with Crippen LogP contribution < -0.4 is 10.6 Å². The number of aryl methyl sites for hydroxylation is 1. The third-order valence-electron chi connectivity index (χ3n) is 4.44. The number of guanidine groups is 1. The fourth-order valence-corrected chi connectivity index (χ4v) is 2.86. The molecular formula is C20H32FN3O2. The second-order valence-corrected chi connectivity index (χ2v) is 6.69. The monoisotopic (exact) mass is 365 g/mol. The lowest BCUT2D eigenvalue weighted by molar-refractivity contribution is 0.0203. The van der Waals surface area contributed by atoms with Gasteiger partial charge in [-0.15, -0.1) is 0 Å². The smallest absolute Gasteiger partial charge is 0.191 e. The van der Waals surface area contributed by atoms with E-state index < -0.39 is 0 Å². The molecule has 1 aliphatic heterocycles. The van der Waals surface area contributed by atoms with Crippen LogP contribution in [0.3, 0.4) is 0 Å². The third kappa shape index (κ3) is 7.70. The van der Waals surface area contributed by atoms with Crippen LogP contribution in [0.15, 0.2) is 23.2 Å². The molecule has 2 rings (SSSR count). The quantitative estimate of drug-likeness (QED) is 0.401. The Morgan fingerprint density at radius 3 is 2.85 bits per heavy atom. The molecule has 26 heavy (non-hydrogen) atoms. The van der Waals surface area contributed by atoms with Crippen molar-refractivity contribution in [2.45, 2.75) is 39.7 Å². The van der Waals surface area contributed by atoms with Gasteiger partial charge in [0.15, 0.2) is 5.96 Å². The minimum absolute atomic E-state index is 0.177. The fraction of sp³-hybridized carbons (Fsp3) is 0.650. The van der Waals surface area contributed by atoms with Crippen LogP contribution in [0.1, 0.15) is 37.3 Å². The van der Waals surface area contributed by atoms with Crippen molar-refractivity contribution in [3.8, 4) is 0 Å². The van der Waals surface area contributed by atoms with Gasteiger partial charge in [-0.2, -0.15) is 0 Å². The molecule has 146 valence electrons. The zero-order valence-corrected chi connectivity index (χ0v) is 16.0. The number of ether oxygens (including phenoxy) is 2. The maximum Gasteiger partial charge on any atom is 0.191 e. The first-order valence-electron chi connectivity index (χ1n) is 9.61. The normalized spacial score (nSPS) is 15.9. The third-order valence-corrected chi connectivity index (χ3v) is 4.44. The summed E-state index contributed by atoms with van der Waals surface area (Å²) in [5, 5.41) is 6.55. The van der Waals surface area contributed by atoms with Crippen molar-refractivity contribution in [1.29, 1.82) is 0 Å². The second-order valence-electron chi connectivity index (χ2n) is 6.69. The molecule has 0 aliphatic carbocycles. The van der Waals surface area contributed by atoms with Crippen molar-refractivity contribution in [2.75, 3.05) is 39.5 Å². The predicted molar refractivity (Wildman–Crippen MR) is 103 cm³/mol. The van der Waals surface area contributed by atoms with Crippen LogP contribution in [0.25, 0.3) is 0 Å². The van der Waals surface area contributed by atoms with Crippen LogP contribution in [0.5, 0.6) is 0 Å². The van der Waals surface area contributed by atoms with Crippen LogP contribution in [-0.2, 0) is 16.0 Å². The van der Waals surface area contributed by atoms with Crippen molar-refractivity contribution < 1.29 is 13.9 Å². The van der Waals surface area contributed by atoms with Gasteiger partial charge in [-0.25, -0.2) is 9.38 Å². The van der Waals surface area contributed by atoms with Gasteiger partial charge in [0.05, 0.1) is 6.54 Å². The van der Waals surface area contributed by atoms with Crippen molar-refractivity contribution in [2.24, 2.45) is 10.9 Å². The van der Waals surface area contributed by atoms with Crippen LogP contribution in [0, 0.1) is 18.7 Å². The number of nitrogens with zero attached hydrogens (tertiary/aromatic N) is 1. The predicted octanol–water partition coefficient (Wildman–Crippen LogP) is 3.02. The molecule has 0 amide bonds. The first-order chi connectivity index (χ1) is 12.7. The Bertz CT molecular complexity index is 560. The molecule has 0 saturated carbocycles. The average molecular weight is 365 g/mol. The van der Waals surface area contributed by atoms with E-state index in [1.54, 1.807) is 13.0 Å². The Balaban J connectivity index is 1.65. The van der Waals surface area contributed by atoms with Crippen LogP contribution in [0.4, 0.5) is 4.39 Å². The number of halogens is 1. The average Bonchev–Trinajstić information content (AvgIpc) is 2.66. The van der Waals surface area contributed by atoms with Crippen molar-refractivity contribution in [1.82, 2.24) is 10.6 Å². The molecule has 1 aliphatic rings. The number of nitrogens with one attached hydrogen (secondary N) is 2. The lowest BCUT2D eigenvalue weighted by atomic mass is 10.0. The Morgan fingerprint density at radius 2 is 2.12 bits per heavy atom. The molecule has 5 nitrogen and oxygen atoms in total. The highest BCUT2D eigenvalue weighted by molar-refractivity contribution is 5.79. The van der Waals surface area contributed by atoms with E-state index in [1.807, 2.05) is 13.0 Å². The molecule has 6 heteroatoms. The summed E-state index contributed by atoms with van der Waals surface area (Å²) in [6.45, 7) is 9.26. The summed E-state index contributed by atoms with van der Waals surface area (Å²) in [7, 11) is 0. The highest BCUT2D eigenvalue weighted by atomic mass is 19.1. The molecule has 1 aromatic carbocycles. The van der Waals surface area contributed by atoms with Gasteiger partial charge in [0.25, 0.3) is 0 Å². The molecule has 1 saturated heterocycles. The van der Waals surface area contributed by atoms with Gasteiger partial charge in [-0.3, -0.25) is 0 Å². The Kier molecular flexibility index (Phi) is 9.42. The molecule has 1 aromatic rings.